The fraction of sp³-hybridized carbons (Fsp3) is 0.0400. The van der Waals surface area contributed by atoms with Crippen LogP contribution in [0, 0.1) is 0 Å². The lowest BCUT2D eigenvalue weighted by molar-refractivity contribution is 0.102. The van der Waals surface area contributed by atoms with Gasteiger partial charge in [-0.05, 0) is 48.5 Å². The monoisotopic (exact) mass is 438 g/mol. The summed E-state index contributed by atoms with van der Waals surface area (Å²) in [6.45, 7) is 0. The molecule has 0 unspecified atom stereocenters. The molecule has 0 aliphatic rings. The van der Waals surface area contributed by atoms with Crippen LogP contribution in [0.25, 0.3) is 33.4 Å². The number of anilines is 1. The minimum absolute atomic E-state index is 0.232. The fourth-order valence-corrected chi connectivity index (χ4v) is 4.13. The summed E-state index contributed by atoms with van der Waals surface area (Å²) >= 11 is 1.38. The van der Waals surface area contributed by atoms with Crippen molar-refractivity contribution in [1.82, 2.24) is 15.0 Å². The second-order valence-corrected chi connectivity index (χ2v) is 7.89. The number of nitrogens with zero attached hydrogens (tertiary/aromatic N) is 3. The third-order valence-corrected chi connectivity index (χ3v) is 5.79. The van der Waals surface area contributed by atoms with E-state index >= 15 is 0 Å². The number of ether oxygens (including phenoxy) is 1. The number of rotatable bonds is 5. The molecule has 6 nitrogen and oxygen atoms in total. The molecule has 5 aromatic rings. The van der Waals surface area contributed by atoms with Crippen LogP contribution >= 0.6 is 11.3 Å². The van der Waals surface area contributed by atoms with Crippen molar-refractivity contribution in [1.29, 1.82) is 0 Å². The van der Waals surface area contributed by atoms with Crippen molar-refractivity contribution in [2.24, 2.45) is 0 Å². The highest BCUT2D eigenvalue weighted by Gasteiger charge is 2.16. The topological polar surface area (TPSA) is 77.0 Å². The first kappa shape index (κ1) is 19.8. The predicted molar refractivity (Wildman–Crippen MR) is 127 cm³/mol. The molecule has 0 atom stereocenters. The Hall–Kier alpha value is -4.10. The van der Waals surface area contributed by atoms with Gasteiger partial charge in [0, 0.05) is 34.3 Å². The van der Waals surface area contributed by atoms with Crippen LogP contribution in [0.1, 0.15) is 10.4 Å². The average Bonchev–Trinajstić information content (AvgIpc) is 3.32. The zero-order valence-corrected chi connectivity index (χ0v) is 18.0. The molecule has 0 spiro atoms. The third kappa shape index (κ3) is 3.93. The Kier molecular flexibility index (Phi) is 5.31. The van der Waals surface area contributed by atoms with Crippen LogP contribution in [0.3, 0.4) is 0 Å². The maximum Gasteiger partial charge on any atom is 0.258 e. The number of pyridine rings is 2. The van der Waals surface area contributed by atoms with Crippen LogP contribution in [0.5, 0.6) is 5.75 Å². The van der Waals surface area contributed by atoms with Gasteiger partial charge in [0.2, 0.25) is 0 Å². The van der Waals surface area contributed by atoms with E-state index in [0.29, 0.717) is 16.4 Å². The first-order chi connectivity index (χ1) is 15.7. The lowest BCUT2D eigenvalue weighted by Crippen LogP contribution is -2.13. The van der Waals surface area contributed by atoms with Crippen LogP contribution in [0.4, 0.5) is 5.13 Å². The standard InChI is InChI=1S/C25H18N4O2S/c1-31-18-10-8-16(9-11-18)23-15-32-25(28-23)29-24(30)20-13-22(17-5-4-12-26-14-17)27-21-7-3-2-6-19(20)21/h2-15H,1H3,(H,28,29,30). The molecule has 0 radical (unpaired) electrons. The fourth-order valence-electron chi connectivity index (χ4n) is 3.42. The number of hydrogen-bond donors (Lipinski definition) is 1. The molecule has 0 aliphatic heterocycles. The predicted octanol–water partition coefficient (Wildman–Crippen LogP) is 5.68. The van der Waals surface area contributed by atoms with E-state index in [1.165, 1.54) is 11.3 Å². The number of hydrogen-bond acceptors (Lipinski definition) is 6. The molecule has 156 valence electrons. The minimum atomic E-state index is -0.232. The van der Waals surface area contributed by atoms with Gasteiger partial charge in [-0.2, -0.15) is 0 Å². The highest BCUT2D eigenvalue weighted by Crippen LogP contribution is 2.28. The lowest BCUT2D eigenvalue weighted by Gasteiger charge is -2.09. The Morgan fingerprint density at radius 1 is 0.938 bits per heavy atom. The van der Waals surface area contributed by atoms with Crippen LogP contribution in [-0.4, -0.2) is 28.0 Å². The molecular weight excluding hydrogens is 420 g/mol. The average molecular weight is 439 g/mol. The van der Waals surface area contributed by atoms with Gasteiger partial charge in [0.25, 0.3) is 5.91 Å². The number of carbonyl (C=O) groups is 1. The third-order valence-electron chi connectivity index (χ3n) is 5.03. The molecule has 3 aromatic heterocycles. The summed E-state index contributed by atoms with van der Waals surface area (Å²) < 4.78 is 5.20. The van der Waals surface area contributed by atoms with Gasteiger partial charge in [-0.25, -0.2) is 9.97 Å². The number of fused-ring (bicyclic) bond motifs is 1. The molecule has 0 bridgehead atoms. The number of carbonyl (C=O) groups excluding carboxylic acids is 1. The summed E-state index contributed by atoms with van der Waals surface area (Å²) in [6.07, 6.45) is 3.45. The van der Waals surface area contributed by atoms with Crippen molar-refractivity contribution in [2.45, 2.75) is 0 Å². The summed E-state index contributed by atoms with van der Waals surface area (Å²) in [5, 5.41) is 6.18. The number of aromatic nitrogens is 3. The maximum atomic E-state index is 13.2. The SMILES string of the molecule is COc1ccc(-c2csc(NC(=O)c3cc(-c4cccnc4)nc4ccccc34)n2)cc1. The van der Waals surface area contributed by atoms with Crippen molar-refractivity contribution in [3.05, 3.63) is 90.1 Å². The van der Waals surface area contributed by atoms with Crippen molar-refractivity contribution >= 4 is 33.3 Å². The van der Waals surface area contributed by atoms with Crippen molar-refractivity contribution in [3.63, 3.8) is 0 Å². The van der Waals surface area contributed by atoms with Crippen LogP contribution in [0.2, 0.25) is 0 Å². The first-order valence-corrected chi connectivity index (χ1v) is 10.8. The molecule has 0 saturated carbocycles. The van der Waals surface area contributed by atoms with Gasteiger partial charge in [-0.1, -0.05) is 18.2 Å². The van der Waals surface area contributed by atoms with E-state index in [0.717, 1.165) is 33.5 Å². The lowest BCUT2D eigenvalue weighted by atomic mass is 10.0. The second-order valence-electron chi connectivity index (χ2n) is 7.03. The summed E-state index contributed by atoms with van der Waals surface area (Å²) in [5.74, 6) is 0.552. The Balaban J connectivity index is 1.47. The van der Waals surface area contributed by atoms with Crippen molar-refractivity contribution < 1.29 is 9.53 Å². The number of nitrogens with one attached hydrogen (secondary N) is 1. The number of amides is 1. The molecule has 2 aromatic carbocycles. The summed E-state index contributed by atoms with van der Waals surface area (Å²) in [7, 11) is 1.63. The van der Waals surface area contributed by atoms with Crippen LogP contribution in [-0.2, 0) is 0 Å². The van der Waals surface area contributed by atoms with Crippen LogP contribution < -0.4 is 10.1 Å². The Labute approximate surface area is 188 Å². The van der Waals surface area contributed by atoms with Crippen molar-refractivity contribution in [2.75, 3.05) is 12.4 Å². The first-order valence-electron chi connectivity index (χ1n) is 9.93. The molecule has 32 heavy (non-hydrogen) atoms. The summed E-state index contributed by atoms with van der Waals surface area (Å²) in [5.41, 5.74) is 4.58. The van der Waals surface area contributed by atoms with Gasteiger partial charge < -0.3 is 4.74 Å². The molecule has 7 heteroatoms. The smallest absolute Gasteiger partial charge is 0.258 e. The van der Waals surface area contributed by atoms with Gasteiger partial charge in [-0.15, -0.1) is 11.3 Å². The van der Waals surface area contributed by atoms with Gasteiger partial charge in [0.15, 0.2) is 5.13 Å². The largest absolute Gasteiger partial charge is 0.497 e. The number of methoxy groups -OCH3 is 1. The maximum absolute atomic E-state index is 13.2. The van der Waals surface area contributed by atoms with E-state index in [9.17, 15) is 4.79 Å². The molecule has 1 amide bonds. The van der Waals surface area contributed by atoms with Gasteiger partial charge in [0.05, 0.1) is 29.6 Å². The number of benzene rings is 2. The molecular formula is C25H18N4O2S. The molecule has 5 rings (SSSR count). The quantitative estimate of drug-likeness (QED) is 0.382. The molecule has 0 fully saturated rings. The van der Waals surface area contributed by atoms with Crippen molar-refractivity contribution in [3.8, 4) is 28.3 Å². The number of thiazole rings is 1. The summed E-state index contributed by atoms with van der Waals surface area (Å²) in [6, 6.07) is 20.8. The summed E-state index contributed by atoms with van der Waals surface area (Å²) in [4.78, 5) is 26.7. The molecule has 3 heterocycles. The van der Waals surface area contributed by atoms with Gasteiger partial charge >= 0.3 is 0 Å². The Bertz CT molecular complexity index is 1400. The van der Waals surface area contributed by atoms with E-state index in [1.54, 1.807) is 25.6 Å². The van der Waals surface area contributed by atoms with E-state index in [-0.39, 0.29) is 5.91 Å². The molecule has 0 saturated heterocycles. The molecule has 0 aliphatic carbocycles. The normalized spacial score (nSPS) is 10.8. The van der Waals surface area contributed by atoms with E-state index in [1.807, 2.05) is 66.0 Å². The van der Waals surface area contributed by atoms with E-state index in [4.69, 9.17) is 9.72 Å². The van der Waals surface area contributed by atoms with E-state index in [2.05, 4.69) is 15.3 Å². The van der Waals surface area contributed by atoms with Crippen LogP contribution in [0.15, 0.2) is 84.5 Å². The zero-order valence-electron chi connectivity index (χ0n) is 17.1. The highest BCUT2D eigenvalue weighted by atomic mass is 32.1. The Morgan fingerprint density at radius 2 is 1.78 bits per heavy atom. The molecule has 1 N–H and O–H groups in total. The Morgan fingerprint density at radius 3 is 2.56 bits per heavy atom. The number of para-hydroxylation sites is 1. The zero-order chi connectivity index (χ0) is 21.9. The van der Waals surface area contributed by atoms with E-state index < -0.39 is 0 Å². The van der Waals surface area contributed by atoms with Gasteiger partial charge in [-0.3, -0.25) is 15.1 Å². The second kappa shape index (κ2) is 8.56. The van der Waals surface area contributed by atoms with Gasteiger partial charge in [0.1, 0.15) is 5.75 Å². The minimum Gasteiger partial charge on any atom is -0.497 e. The highest BCUT2D eigenvalue weighted by molar-refractivity contribution is 7.14.